The number of benzene rings is 2. The number of ether oxygens (including phenoxy) is 3. The van der Waals surface area contributed by atoms with Crippen molar-refractivity contribution in [1.82, 2.24) is 0 Å². The zero-order valence-electron chi connectivity index (χ0n) is 14.9. The molecule has 0 radical (unpaired) electrons. The van der Waals surface area contributed by atoms with Crippen LogP contribution in [0, 0.1) is 6.92 Å². The first-order valence-electron chi connectivity index (χ1n) is 7.96. The third kappa shape index (κ3) is 4.83. The van der Waals surface area contributed by atoms with Crippen molar-refractivity contribution in [2.24, 2.45) is 0 Å². The Balaban J connectivity index is 1.99. The van der Waals surface area contributed by atoms with Crippen LogP contribution in [0.1, 0.15) is 28.4 Å². The topological polar surface area (TPSA) is 61.8 Å². The number of methoxy groups -OCH3 is 2. The van der Waals surface area contributed by atoms with Crippen molar-refractivity contribution >= 4 is 11.8 Å². The van der Waals surface area contributed by atoms with Gasteiger partial charge >= 0.3 is 5.97 Å². The van der Waals surface area contributed by atoms with Gasteiger partial charge in [0.1, 0.15) is 0 Å². The Bertz CT molecular complexity index is 749. The van der Waals surface area contributed by atoms with Crippen molar-refractivity contribution in [2.75, 3.05) is 14.2 Å². The summed E-state index contributed by atoms with van der Waals surface area (Å²) in [5, 5.41) is 0. The second-order valence-electron chi connectivity index (χ2n) is 5.73. The Hall–Kier alpha value is -2.82. The zero-order chi connectivity index (χ0) is 18.4. The van der Waals surface area contributed by atoms with Crippen LogP contribution in [0.5, 0.6) is 11.5 Å². The molecule has 1 atom stereocenters. The molecule has 25 heavy (non-hydrogen) atoms. The minimum atomic E-state index is -0.838. The van der Waals surface area contributed by atoms with Gasteiger partial charge in [0.05, 0.1) is 20.6 Å². The molecule has 5 nitrogen and oxygen atoms in total. The Kier molecular flexibility index (Phi) is 6.17. The minimum absolute atomic E-state index is 0.0475. The zero-order valence-corrected chi connectivity index (χ0v) is 14.9. The van der Waals surface area contributed by atoms with Crippen LogP contribution < -0.4 is 9.47 Å². The molecule has 0 N–H and O–H groups in total. The fourth-order valence-electron chi connectivity index (χ4n) is 2.40. The summed E-state index contributed by atoms with van der Waals surface area (Å²) in [5.74, 6) is 0.431. The summed E-state index contributed by atoms with van der Waals surface area (Å²) in [5.41, 5.74) is 2.31. The van der Waals surface area contributed by atoms with Crippen molar-refractivity contribution in [3.63, 3.8) is 0 Å². The van der Waals surface area contributed by atoms with E-state index in [0.717, 1.165) is 11.1 Å². The van der Waals surface area contributed by atoms with Crippen LogP contribution in [0.2, 0.25) is 0 Å². The predicted molar refractivity (Wildman–Crippen MR) is 94.3 cm³/mol. The molecule has 5 heteroatoms. The summed E-state index contributed by atoms with van der Waals surface area (Å²) in [6, 6.07) is 12.4. The summed E-state index contributed by atoms with van der Waals surface area (Å²) in [4.78, 5) is 24.4. The van der Waals surface area contributed by atoms with Crippen LogP contribution >= 0.6 is 0 Å². The number of aryl methyl sites for hydroxylation is 1. The van der Waals surface area contributed by atoms with E-state index < -0.39 is 12.1 Å². The average Bonchev–Trinajstić information content (AvgIpc) is 2.61. The minimum Gasteiger partial charge on any atom is -0.493 e. The fourth-order valence-corrected chi connectivity index (χ4v) is 2.40. The van der Waals surface area contributed by atoms with Crippen molar-refractivity contribution in [1.29, 1.82) is 0 Å². The van der Waals surface area contributed by atoms with Gasteiger partial charge < -0.3 is 14.2 Å². The monoisotopic (exact) mass is 342 g/mol. The summed E-state index contributed by atoms with van der Waals surface area (Å²) in [6.45, 7) is 3.52. The molecule has 0 unspecified atom stereocenters. The maximum Gasteiger partial charge on any atom is 0.310 e. The molecule has 0 spiro atoms. The Morgan fingerprint density at radius 1 is 0.960 bits per heavy atom. The summed E-state index contributed by atoms with van der Waals surface area (Å²) < 4.78 is 15.6. The first kappa shape index (κ1) is 18.5. The van der Waals surface area contributed by atoms with Gasteiger partial charge in [0.15, 0.2) is 17.6 Å². The molecule has 0 saturated carbocycles. The van der Waals surface area contributed by atoms with Gasteiger partial charge in [-0.1, -0.05) is 35.9 Å². The van der Waals surface area contributed by atoms with Gasteiger partial charge in [0.25, 0.3) is 0 Å². The third-order valence-corrected chi connectivity index (χ3v) is 3.81. The third-order valence-electron chi connectivity index (χ3n) is 3.81. The number of esters is 1. The lowest BCUT2D eigenvalue weighted by molar-refractivity contribution is -0.145. The summed E-state index contributed by atoms with van der Waals surface area (Å²) in [7, 11) is 3.08. The van der Waals surface area contributed by atoms with Gasteiger partial charge in [-0.2, -0.15) is 0 Å². The van der Waals surface area contributed by atoms with Gasteiger partial charge in [0, 0.05) is 5.56 Å². The quantitative estimate of drug-likeness (QED) is 0.570. The second-order valence-corrected chi connectivity index (χ2v) is 5.73. The molecular weight excluding hydrogens is 320 g/mol. The van der Waals surface area contributed by atoms with Gasteiger partial charge in [-0.15, -0.1) is 0 Å². The molecule has 132 valence electrons. The van der Waals surface area contributed by atoms with E-state index in [2.05, 4.69) is 0 Å². The summed E-state index contributed by atoms with van der Waals surface area (Å²) >= 11 is 0. The van der Waals surface area contributed by atoms with Gasteiger partial charge in [-0.25, -0.2) is 0 Å². The molecule has 0 amide bonds. The van der Waals surface area contributed by atoms with Crippen molar-refractivity contribution in [2.45, 2.75) is 26.4 Å². The van der Waals surface area contributed by atoms with E-state index in [4.69, 9.17) is 14.2 Å². The van der Waals surface area contributed by atoms with Crippen molar-refractivity contribution in [3.05, 3.63) is 59.2 Å². The first-order chi connectivity index (χ1) is 11.9. The smallest absolute Gasteiger partial charge is 0.310 e. The largest absolute Gasteiger partial charge is 0.493 e. The number of Topliss-reactive ketones (excluding diaryl/α,β-unsaturated/α-hetero) is 1. The molecule has 0 aromatic heterocycles. The lowest BCUT2D eigenvalue weighted by Gasteiger charge is -2.13. The number of hydrogen-bond acceptors (Lipinski definition) is 5. The molecule has 0 aliphatic rings. The molecular formula is C20H22O5. The number of ketones is 1. The van der Waals surface area contributed by atoms with Crippen LogP contribution in [0.25, 0.3) is 0 Å². The standard InChI is InChI=1S/C20H22O5/c1-13-5-8-16(9-6-13)20(22)14(2)25-19(21)12-15-7-10-17(23-3)18(11-15)24-4/h5-11,14H,12H2,1-4H3/t14-/m1/s1. The average molecular weight is 342 g/mol. The number of hydrogen-bond donors (Lipinski definition) is 0. The molecule has 2 aromatic carbocycles. The van der Waals surface area contributed by atoms with Crippen LogP contribution in [-0.4, -0.2) is 32.1 Å². The Morgan fingerprint density at radius 3 is 2.20 bits per heavy atom. The van der Waals surface area contributed by atoms with Gasteiger partial charge in [-0.3, -0.25) is 9.59 Å². The van der Waals surface area contributed by atoms with Crippen LogP contribution in [0.3, 0.4) is 0 Å². The van der Waals surface area contributed by atoms with Crippen molar-refractivity contribution in [3.8, 4) is 11.5 Å². The molecule has 2 rings (SSSR count). The SMILES string of the molecule is COc1ccc(CC(=O)O[C@H](C)C(=O)c2ccc(C)cc2)cc1OC. The molecule has 0 saturated heterocycles. The van der Waals surface area contributed by atoms with E-state index in [1.807, 2.05) is 19.1 Å². The highest BCUT2D eigenvalue weighted by Crippen LogP contribution is 2.27. The van der Waals surface area contributed by atoms with Crippen LogP contribution in [-0.2, 0) is 16.0 Å². The van der Waals surface area contributed by atoms with Crippen LogP contribution in [0.4, 0.5) is 0 Å². The molecule has 0 fully saturated rings. The molecule has 0 aliphatic heterocycles. The van der Waals surface area contributed by atoms with Gasteiger partial charge in [-0.05, 0) is 31.5 Å². The first-order valence-corrected chi connectivity index (χ1v) is 7.96. The highest BCUT2D eigenvalue weighted by Gasteiger charge is 2.20. The number of carbonyl (C=O) groups excluding carboxylic acids is 2. The highest BCUT2D eigenvalue weighted by molar-refractivity contribution is 6.00. The van der Waals surface area contributed by atoms with E-state index in [1.54, 1.807) is 44.4 Å². The molecule has 0 bridgehead atoms. The van der Waals surface area contributed by atoms with E-state index >= 15 is 0 Å². The Morgan fingerprint density at radius 2 is 1.60 bits per heavy atom. The van der Waals surface area contributed by atoms with E-state index in [-0.39, 0.29) is 12.2 Å². The van der Waals surface area contributed by atoms with E-state index in [9.17, 15) is 9.59 Å². The number of carbonyl (C=O) groups is 2. The number of rotatable bonds is 7. The lowest BCUT2D eigenvalue weighted by atomic mass is 10.1. The fraction of sp³-hybridized carbons (Fsp3) is 0.300. The van der Waals surface area contributed by atoms with Crippen molar-refractivity contribution < 1.29 is 23.8 Å². The summed E-state index contributed by atoms with van der Waals surface area (Å²) in [6.07, 6.45) is -0.790. The second kappa shape index (κ2) is 8.33. The maximum absolute atomic E-state index is 12.3. The van der Waals surface area contributed by atoms with Crippen LogP contribution in [0.15, 0.2) is 42.5 Å². The predicted octanol–water partition coefficient (Wildman–Crippen LogP) is 3.37. The van der Waals surface area contributed by atoms with E-state index in [1.165, 1.54) is 7.11 Å². The molecule has 2 aromatic rings. The van der Waals surface area contributed by atoms with Gasteiger partial charge in [0.2, 0.25) is 5.78 Å². The van der Waals surface area contributed by atoms with E-state index in [0.29, 0.717) is 17.1 Å². The Labute approximate surface area is 147 Å². The lowest BCUT2D eigenvalue weighted by Crippen LogP contribution is -2.25. The molecule has 0 heterocycles. The maximum atomic E-state index is 12.3. The highest BCUT2D eigenvalue weighted by atomic mass is 16.5. The molecule has 0 aliphatic carbocycles. The normalized spacial score (nSPS) is 11.5.